The van der Waals surface area contributed by atoms with E-state index in [0.29, 0.717) is 0 Å². The molecule has 0 bridgehead atoms. The van der Waals surface area contributed by atoms with Gasteiger partial charge in [-0.3, -0.25) is 0 Å². The molecule has 0 radical (unpaired) electrons. The standard InChI is InChI=1S/C18H35BrO2Si/c1-14(2)15(19)11-17(6,12-20)18(9-10-18)13-21-22(7,8)16(3,4)5/h20H,9-13H2,1-8H3. The molecule has 1 rings (SSSR count). The second kappa shape index (κ2) is 6.70. The van der Waals surface area contributed by atoms with Crippen molar-refractivity contribution in [3.05, 3.63) is 10.1 Å². The predicted octanol–water partition coefficient (Wildman–Crippen LogP) is 5.87. The first-order valence-corrected chi connectivity index (χ1v) is 12.1. The molecule has 1 N–H and O–H groups in total. The van der Waals surface area contributed by atoms with Crippen LogP contribution in [0, 0.1) is 10.8 Å². The van der Waals surface area contributed by atoms with Crippen LogP contribution in [0.1, 0.15) is 60.8 Å². The van der Waals surface area contributed by atoms with Crippen molar-refractivity contribution in [1.29, 1.82) is 0 Å². The number of aliphatic hydroxyl groups excluding tert-OH is 1. The number of aliphatic hydroxyl groups is 1. The summed E-state index contributed by atoms with van der Waals surface area (Å²) in [6, 6.07) is 0. The van der Waals surface area contributed by atoms with Crippen LogP contribution >= 0.6 is 15.9 Å². The Balaban J connectivity index is 2.87. The molecule has 1 aliphatic carbocycles. The Kier molecular flexibility index (Phi) is 6.21. The van der Waals surface area contributed by atoms with Gasteiger partial charge in [0, 0.05) is 24.0 Å². The zero-order valence-electron chi connectivity index (χ0n) is 15.8. The van der Waals surface area contributed by atoms with Crippen LogP contribution in [0.4, 0.5) is 0 Å². The first-order chi connectivity index (χ1) is 9.80. The van der Waals surface area contributed by atoms with Crippen LogP contribution in [0.5, 0.6) is 0 Å². The lowest BCUT2D eigenvalue weighted by atomic mass is 9.72. The number of hydrogen-bond acceptors (Lipinski definition) is 2. The summed E-state index contributed by atoms with van der Waals surface area (Å²) in [6.07, 6.45) is 3.23. The van der Waals surface area contributed by atoms with Crippen LogP contribution in [-0.2, 0) is 4.43 Å². The zero-order chi connectivity index (χ0) is 17.4. The van der Waals surface area contributed by atoms with Gasteiger partial charge in [-0.05, 0) is 55.7 Å². The van der Waals surface area contributed by atoms with Crippen molar-refractivity contribution in [1.82, 2.24) is 0 Å². The fourth-order valence-electron chi connectivity index (χ4n) is 2.54. The van der Waals surface area contributed by atoms with Crippen LogP contribution in [0.25, 0.3) is 0 Å². The van der Waals surface area contributed by atoms with E-state index in [1.807, 2.05) is 0 Å². The Labute approximate surface area is 147 Å². The number of hydrogen-bond donors (Lipinski definition) is 1. The van der Waals surface area contributed by atoms with Crippen molar-refractivity contribution in [2.45, 2.75) is 78.9 Å². The van der Waals surface area contributed by atoms with E-state index >= 15 is 0 Å². The highest BCUT2D eigenvalue weighted by Crippen LogP contribution is 2.61. The molecule has 0 heterocycles. The van der Waals surface area contributed by atoms with Gasteiger partial charge >= 0.3 is 0 Å². The molecule has 1 aliphatic rings. The molecular weight excluding hydrogens is 356 g/mol. The SMILES string of the molecule is CC(C)=C(Br)CC(C)(CO)C1(CO[Si](C)(C)C(C)(C)C)CC1. The van der Waals surface area contributed by atoms with Crippen molar-refractivity contribution in [3.8, 4) is 0 Å². The Morgan fingerprint density at radius 2 is 1.68 bits per heavy atom. The molecule has 0 aromatic carbocycles. The van der Waals surface area contributed by atoms with Crippen molar-refractivity contribution in [3.63, 3.8) is 0 Å². The molecule has 0 spiro atoms. The van der Waals surface area contributed by atoms with Crippen molar-refractivity contribution >= 4 is 24.2 Å². The summed E-state index contributed by atoms with van der Waals surface area (Å²) in [7, 11) is -1.73. The summed E-state index contributed by atoms with van der Waals surface area (Å²) < 4.78 is 7.73. The summed E-state index contributed by atoms with van der Waals surface area (Å²) >= 11 is 3.70. The molecular formula is C18H35BrO2Si. The van der Waals surface area contributed by atoms with Gasteiger partial charge in [-0.25, -0.2) is 0 Å². The summed E-state index contributed by atoms with van der Waals surface area (Å²) in [5, 5.41) is 10.3. The molecule has 0 saturated heterocycles. The summed E-state index contributed by atoms with van der Waals surface area (Å²) in [5.41, 5.74) is 1.33. The molecule has 1 saturated carbocycles. The first kappa shape index (κ1) is 20.4. The van der Waals surface area contributed by atoms with E-state index < -0.39 is 8.32 Å². The fourth-order valence-corrected chi connectivity index (χ4v) is 4.23. The Morgan fingerprint density at radius 1 is 1.18 bits per heavy atom. The third-order valence-electron chi connectivity index (χ3n) is 6.09. The minimum absolute atomic E-state index is 0.106. The first-order valence-electron chi connectivity index (χ1n) is 8.37. The fraction of sp³-hybridized carbons (Fsp3) is 0.889. The smallest absolute Gasteiger partial charge is 0.192 e. The summed E-state index contributed by atoms with van der Waals surface area (Å²) in [6.45, 7) is 18.9. The maximum absolute atomic E-state index is 10.1. The predicted molar refractivity (Wildman–Crippen MR) is 102 cm³/mol. The molecule has 0 aromatic heterocycles. The van der Waals surface area contributed by atoms with Crippen LogP contribution < -0.4 is 0 Å². The molecule has 1 unspecified atom stereocenters. The summed E-state index contributed by atoms with van der Waals surface area (Å²) in [5.74, 6) is 0. The van der Waals surface area contributed by atoms with Gasteiger partial charge in [0.15, 0.2) is 8.32 Å². The van der Waals surface area contributed by atoms with Crippen LogP contribution in [0.3, 0.4) is 0 Å². The second-order valence-electron chi connectivity index (χ2n) is 9.13. The zero-order valence-corrected chi connectivity index (χ0v) is 18.4. The highest BCUT2D eigenvalue weighted by molar-refractivity contribution is 9.11. The Bertz CT molecular complexity index is 429. The molecule has 0 amide bonds. The van der Waals surface area contributed by atoms with Crippen molar-refractivity contribution < 1.29 is 9.53 Å². The third-order valence-corrected chi connectivity index (χ3v) is 11.6. The highest BCUT2D eigenvalue weighted by Gasteiger charge is 2.57. The van der Waals surface area contributed by atoms with E-state index in [4.69, 9.17) is 4.43 Å². The number of allylic oxidation sites excluding steroid dienone is 2. The van der Waals surface area contributed by atoms with E-state index in [0.717, 1.165) is 13.0 Å². The normalized spacial score (nSPS) is 20.5. The molecule has 2 nitrogen and oxygen atoms in total. The maximum Gasteiger partial charge on any atom is 0.192 e. The molecule has 130 valence electrons. The van der Waals surface area contributed by atoms with E-state index in [9.17, 15) is 5.11 Å². The van der Waals surface area contributed by atoms with Crippen molar-refractivity contribution in [2.24, 2.45) is 10.8 Å². The highest BCUT2D eigenvalue weighted by atomic mass is 79.9. The molecule has 1 fully saturated rings. The van der Waals surface area contributed by atoms with E-state index in [1.54, 1.807) is 0 Å². The Morgan fingerprint density at radius 3 is 2.00 bits per heavy atom. The average molecular weight is 391 g/mol. The largest absolute Gasteiger partial charge is 0.416 e. The van der Waals surface area contributed by atoms with Gasteiger partial charge in [-0.1, -0.05) is 49.2 Å². The van der Waals surface area contributed by atoms with Gasteiger partial charge in [0.2, 0.25) is 0 Å². The van der Waals surface area contributed by atoms with Gasteiger partial charge in [0.1, 0.15) is 0 Å². The quantitative estimate of drug-likeness (QED) is 0.550. The molecule has 4 heteroatoms. The second-order valence-corrected chi connectivity index (χ2v) is 14.9. The topological polar surface area (TPSA) is 29.5 Å². The van der Waals surface area contributed by atoms with Gasteiger partial charge in [-0.15, -0.1) is 0 Å². The monoisotopic (exact) mass is 390 g/mol. The van der Waals surface area contributed by atoms with Crippen LogP contribution in [0.15, 0.2) is 10.1 Å². The van der Waals surface area contributed by atoms with Gasteiger partial charge in [0.05, 0.1) is 0 Å². The average Bonchev–Trinajstić information content (AvgIpc) is 3.16. The summed E-state index contributed by atoms with van der Waals surface area (Å²) in [4.78, 5) is 0. The molecule has 0 aromatic rings. The van der Waals surface area contributed by atoms with E-state index in [1.165, 1.54) is 22.9 Å². The van der Waals surface area contributed by atoms with E-state index in [2.05, 4.69) is 70.6 Å². The minimum atomic E-state index is -1.73. The third kappa shape index (κ3) is 4.25. The molecule has 22 heavy (non-hydrogen) atoms. The van der Waals surface area contributed by atoms with Gasteiger partial charge in [-0.2, -0.15) is 0 Å². The molecule has 1 atom stereocenters. The van der Waals surface area contributed by atoms with Gasteiger partial charge < -0.3 is 9.53 Å². The van der Waals surface area contributed by atoms with Crippen molar-refractivity contribution in [2.75, 3.05) is 13.2 Å². The maximum atomic E-state index is 10.1. The molecule has 0 aliphatic heterocycles. The lowest BCUT2D eigenvalue weighted by molar-refractivity contribution is 0.0293. The minimum Gasteiger partial charge on any atom is -0.416 e. The van der Waals surface area contributed by atoms with Crippen LogP contribution in [0.2, 0.25) is 18.1 Å². The van der Waals surface area contributed by atoms with Gasteiger partial charge in [0.25, 0.3) is 0 Å². The lowest BCUT2D eigenvalue weighted by Crippen LogP contribution is -2.45. The Hall–Kier alpha value is 0.357. The number of rotatable bonds is 7. The lowest BCUT2D eigenvalue weighted by Gasteiger charge is -2.42. The number of halogens is 1. The van der Waals surface area contributed by atoms with Crippen LogP contribution in [-0.4, -0.2) is 26.6 Å². The van der Waals surface area contributed by atoms with E-state index in [-0.39, 0.29) is 22.5 Å².